The van der Waals surface area contributed by atoms with Gasteiger partial charge >= 0.3 is 0 Å². The molecule has 2 aromatic rings. The molecule has 0 spiro atoms. The standard InChI is InChI=1S/C22H30N4S.HI/c1-23-22(24-13-5-8-19-6-3-2-4-7-19)25-18-20-9-11-21(12-10-20)26-14-16-27-17-15-26;/h2-4,6-7,9-12H,5,8,13-18H2,1H3,(H2,23,24,25);1H. The summed E-state index contributed by atoms with van der Waals surface area (Å²) in [4.78, 5) is 6.80. The zero-order valence-electron chi connectivity index (χ0n) is 16.6. The van der Waals surface area contributed by atoms with Gasteiger partial charge < -0.3 is 15.5 Å². The van der Waals surface area contributed by atoms with Crippen LogP contribution in [0.15, 0.2) is 59.6 Å². The third kappa shape index (κ3) is 7.54. The van der Waals surface area contributed by atoms with E-state index in [1.54, 1.807) is 0 Å². The van der Waals surface area contributed by atoms with Crippen molar-refractivity contribution in [1.82, 2.24) is 10.6 Å². The van der Waals surface area contributed by atoms with Crippen molar-refractivity contribution in [3.8, 4) is 0 Å². The monoisotopic (exact) mass is 510 g/mol. The highest BCUT2D eigenvalue weighted by Crippen LogP contribution is 2.19. The average Bonchev–Trinajstić information content (AvgIpc) is 2.75. The third-order valence-corrected chi connectivity index (χ3v) is 5.72. The van der Waals surface area contributed by atoms with Gasteiger partial charge in [-0.25, -0.2) is 0 Å². The first-order chi connectivity index (χ1) is 13.3. The summed E-state index contributed by atoms with van der Waals surface area (Å²) in [5, 5.41) is 6.81. The molecule has 0 aromatic heterocycles. The van der Waals surface area contributed by atoms with Crippen molar-refractivity contribution in [2.75, 3.05) is 43.1 Å². The summed E-state index contributed by atoms with van der Waals surface area (Å²) in [6, 6.07) is 19.5. The fraction of sp³-hybridized carbons (Fsp3) is 0.409. The number of hydrogen-bond acceptors (Lipinski definition) is 3. The van der Waals surface area contributed by atoms with Crippen LogP contribution in [0.25, 0.3) is 0 Å². The summed E-state index contributed by atoms with van der Waals surface area (Å²) in [5.41, 5.74) is 3.99. The van der Waals surface area contributed by atoms with Gasteiger partial charge in [-0.3, -0.25) is 4.99 Å². The Labute approximate surface area is 190 Å². The van der Waals surface area contributed by atoms with Gasteiger partial charge in [0.2, 0.25) is 0 Å². The SMILES string of the molecule is CN=C(NCCCc1ccccc1)NCc1ccc(N2CCSCC2)cc1.I. The molecule has 1 saturated heterocycles. The number of nitrogens with zero attached hydrogens (tertiary/aromatic N) is 2. The summed E-state index contributed by atoms with van der Waals surface area (Å²) < 4.78 is 0. The molecule has 0 aliphatic carbocycles. The second kappa shape index (κ2) is 12.9. The zero-order chi connectivity index (χ0) is 18.7. The van der Waals surface area contributed by atoms with Gasteiger partial charge in [-0.2, -0.15) is 11.8 Å². The molecular weight excluding hydrogens is 479 g/mol. The lowest BCUT2D eigenvalue weighted by molar-refractivity contribution is 0.742. The Kier molecular flexibility index (Phi) is 10.6. The van der Waals surface area contributed by atoms with Gasteiger partial charge in [0.05, 0.1) is 0 Å². The fourth-order valence-corrected chi connectivity index (χ4v) is 4.10. The molecule has 0 amide bonds. The van der Waals surface area contributed by atoms with Crippen LogP contribution in [0.2, 0.25) is 0 Å². The van der Waals surface area contributed by atoms with Gasteiger partial charge in [0.25, 0.3) is 0 Å². The Morgan fingerprint density at radius 1 is 0.964 bits per heavy atom. The number of halogens is 1. The minimum Gasteiger partial charge on any atom is -0.370 e. The van der Waals surface area contributed by atoms with Crippen molar-refractivity contribution >= 4 is 47.4 Å². The van der Waals surface area contributed by atoms with Crippen LogP contribution >= 0.6 is 35.7 Å². The van der Waals surface area contributed by atoms with Crippen molar-refractivity contribution in [3.05, 3.63) is 65.7 Å². The van der Waals surface area contributed by atoms with Gasteiger partial charge in [0, 0.05) is 50.4 Å². The van der Waals surface area contributed by atoms with Crippen molar-refractivity contribution in [2.24, 2.45) is 4.99 Å². The van der Waals surface area contributed by atoms with Gasteiger partial charge in [0.15, 0.2) is 5.96 Å². The Morgan fingerprint density at radius 2 is 1.68 bits per heavy atom. The number of hydrogen-bond donors (Lipinski definition) is 2. The van der Waals surface area contributed by atoms with E-state index in [4.69, 9.17) is 0 Å². The summed E-state index contributed by atoms with van der Waals surface area (Å²) >= 11 is 2.05. The van der Waals surface area contributed by atoms with Crippen LogP contribution in [0.1, 0.15) is 17.5 Å². The quantitative estimate of drug-likeness (QED) is 0.254. The highest BCUT2D eigenvalue weighted by molar-refractivity contribution is 14.0. The molecule has 2 N–H and O–H groups in total. The molecular formula is C22H31IN4S. The molecule has 1 heterocycles. The molecule has 1 aliphatic heterocycles. The fourth-order valence-electron chi connectivity index (χ4n) is 3.20. The molecule has 1 fully saturated rings. The van der Waals surface area contributed by atoms with Gasteiger partial charge in [-0.05, 0) is 36.1 Å². The summed E-state index contributed by atoms with van der Waals surface area (Å²) in [7, 11) is 1.82. The molecule has 0 saturated carbocycles. The normalized spacial score (nSPS) is 14.3. The van der Waals surface area contributed by atoms with E-state index in [0.29, 0.717) is 0 Å². The second-order valence-corrected chi connectivity index (χ2v) is 7.93. The summed E-state index contributed by atoms with van der Waals surface area (Å²) in [6.07, 6.45) is 2.18. The maximum absolute atomic E-state index is 4.32. The molecule has 0 radical (unpaired) electrons. The molecule has 0 bridgehead atoms. The summed E-state index contributed by atoms with van der Waals surface area (Å²) in [6.45, 7) is 4.01. The Balaban J connectivity index is 0.00000280. The first-order valence-electron chi connectivity index (χ1n) is 9.75. The topological polar surface area (TPSA) is 39.7 Å². The maximum Gasteiger partial charge on any atom is 0.191 e. The molecule has 3 rings (SSSR count). The van der Waals surface area contributed by atoms with E-state index in [2.05, 4.69) is 75.1 Å². The lowest BCUT2D eigenvalue weighted by Crippen LogP contribution is -2.37. The molecule has 0 unspecified atom stereocenters. The number of benzene rings is 2. The van der Waals surface area contributed by atoms with E-state index < -0.39 is 0 Å². The summed E-state index contributed by atoms with van der Waals surface area (Å²) in [5.74, 6) is 3.32. The van der Waals surface area contributed by atoms with Crippen LogP contribution in [0.5, 0.6) is 0 Å². The molecule has 1 aliphatic rings. The molecule has 28 heavy (non-hydrogen) atoms. The molecule has 4 nitrogen and oxygen atoms in total. The first-order valence-corrected chi connectivity index (χ1v) is 10.9. The lowest BCUT2D eigenvalue weighted by atomic mass is 10.1. The number of aryl methyl sites for hydroxylation is 1. The van der Waals surface area contributed by atoms with Gasteiger partial charge in [0.1, 0.15) is 0 Å². The van der Waals surface area contributed by atoms with E-state index in [-0.39, 0.29) is 24.0 Å². The average molecular weight is 510 g/mol. The van der Waals surface area contributed by atoms with Crippen molar-refractivity contribution in [1.29, 1.82) is 0 Å². The smallest absolute Gasteiger partial charge is 0.191 e. The van der Waals surface area contributed by atoms with Gasteiger partial charge in [-0.15, -0.1) is 24.0 Å². The Morgan fingerprint density at radius 3 is 2.36 bits per heavy atom. The molecule has 152 valence electrons. The number of nitrogens with one attached hydrogen (secondary N) is 2. The maximum atomic E-state index is 4.32. The van der Waals surface area contributed by atoms with Crippen LogP contribution in [0, 0.1) is 0 Å². The van der Waals surface area contributed by atoms with Crippen LogP contribution in [-0.4, -0.2) is 44.1 Å². The number of aliphatic imine (C=N–C) groups is 1. The Bertz CT molecular complexity index is 700. The number of rotatable bonds is 7. The van der Waals surface area contributed by atoms with Crippen LogP contribution in [0.3, 0.4) is 0 Å². The zero-order valence-corrected chi connectivity index (χ0v) is 19.7. The van der Waals surface area contributed by atoms with E-state index in [1.165, 1.54) is 28.3 Å². The lowest BCUT2D eigenvalue weighted by Gasteiger charge is -2.28. The predicted octanol–water partition coefficient (Wildman–Crippen LogP) is 4.16. The van der Waals surface area contributed by atoms with Crippen molar-refractivity contribution in [2.45, 2.75) is 19.4 Å². The van der Waals surface area contributed by atoms with E-state index in [0.717, 1.165) is 45.0 Å². The van der Waals surface area contributed by atoms with Crippen LogP contribution in [-0.2, 0) is 13.0 Å². The first kappa shape index (κ1) is 22.9. The van der Waals surface area contributed by atoms with Crippen molar-refractivity contribution < 1.29 is 0 Å². The molecule has 0 atom stereocenters. The number of thioether (sulfide) groups is 1. The van der Waals surface area contributed by atoms with E-state index >= 15 is 0 Å². The molecule has 2 aromatic carbocycles. The highest BCUT2D eigenvalue weighted by Gasteiger charge is 2.10. The van der Waals surface area contributed by atoms with Crippen LogP contribution in [0.4, 0.5) is 5.69 Å². The van der Waals surface area contributed by atoms with Crippen LogP contribution < -0.4 is 15.5 Å². The minimum atomic E-state index is 0. The van der Waals surface area contributed by atoms with E-state index in [9.17, 15) is 0 Å². The third-order valence-electron chi connectivity index (χ3n) is 4.77. The van der Waals surface area contributed by atoms with Crippen molar-refractivity contribution in [3.63, 3.8) is 0 Å². The molecule has 6 heteroatoms. The minimum absolute atomic E-state index is 0. The largest absolute Gasteiger partial charge is 0.370 e. The number of guanidine groups is 1. The van der Waals surface area contributed by atoms with Gasteiger partial charge in [-0.1, -0.05) is 42.5 Å². The highest BCUT2D eigenvalue weighted by atomic mass is 127. The second-order valence-electron chi connectivity index (χ2n) is 6.71. The predicted molar refractivity (Wildman–Crippen MR) is 134 cm³/mol. The van der Waals surface area contributed by atoms with E-state index in [1.807, 2.05) is 18.8 Å². The number of anilines is 1. The Hall–Kier alpha value is -1.41.